The molecule has 1 amide bonds. The van der Waals surface area contributed by atoms with E-state index in [4.69, 9.17) is 11.6 Å². The fourth-order valence-electron chi connectivity index (χ4n) is 3.25. The number of piperidine rings is 1. The second-order valence-electron chi connectivity index (χ2n) is 6.76. The minimum atomic E-state index is -5.01. The Bertz CT molecular complexity index is 827. The van der Waals surface area contributed by atoms with Crippen molar-refractivity contribution in [1.82, 2.24) is 14.7 Å². The Labute approximate surface area is 159 Å². The minimum absolute atomic E-state index is 0.0173. The van der Waals surface area contributed by atoms with Crippen LogP contribution in [0.5, 0.6) is 0 Å². The minimum Gasteiger partial charge on any atom is -0.373 e. The first-order chi connectivity index (χ1) is 12.6. The van der Waals surface area contributed by atoms with Crippen molar-refractivity contribution in [3.63, 3.8) is 0 Å². The molecule has 1 aromatic carbocycles. The van der Waals surface area contributed by atoms with Gasteiger partial charge < -0.3 is 10.0 Å². The molecule has 2 heterocycles. The van der Waals surface area contributed by atoms with Gasteiger partial charge in [0.25, 0.3) is 5.91 Å². The molecule has 0 aliphatic carbocycles. The van der Waals surface area contributed by atoms with Gasteiger partial charge in [-0.2, -0.15) is 18.3 Å². The Morgan fingerprint density at radius 1 is 1.22 bits per heavy atom. The van der Waals surface area contributed by atoms with Crippen LogP contribution >= 0.6 is 11.6 Å². The van der Waals surface area contributed by atoms with Gasteiger partial charge in [-0.25, -0.2) is 4.68 Å². The average Bonchev–Trinajstić information content (AvgIpc) is 3.10. The lowest BCUT2D eigenvalue weighted by Gasteiger charge is -2.36. The van der Waals surface area contributed by atoms with Crippen molar-refractivity contribution in [3.8, 4) is 5.69 Å². The Hall–Kier alpha value is -2.06. The molecule has 1 aliphatic heterocycles. The second kappa shape index (κ2) is 7.16. The molecule has 0 spiro atoms. The lowest BCUT2D eigenvalue weighted by Crippen LogP contribution is -2.57. The molecule has 0 bridgehead atoms. The number of halogens is 4. The molecule has 1 aromatic heterocycles. The number of para-hydroxylation sites is 1. The summed E-state index contributed by atoms with van der Waals surface area (Å²) in [6, 6.07) is 9.08. The van der Waals surface area contributed by atoms with Crippen LogP contribution in [0.15, 0.2) is 36.5 Å². The molecule has 1 N–H and O–H groups in total. The van der Waals surface area contributed by atoms with Crippen molar-refractivity contribution >= 4 is 17.5 Å². The maximum atomic E-state index is 12.9. The van der Waals surface area contributed by atoms with Crippen molar-refractivity contribution in [2.24, 2.45) is 0 Å². The molecular formula is C18H19ClF3N3O2. The maximum absolute atomic E-state index is 12.9. The van der Waals surface area contributed by atoms with Crippen LogP contribution in [0.4, 0.5) is 13.2 Å². The van der Waals surface area contributed by atoms with Crippen LogP contribution < -0.4 is 0 Å². The van der Waals surface area contributed by atoms with Crippen LogP contribution in [-0.4, -0.2) is 50.6 Å². The second-order valence-corrected chi connectivity index (χ2v) is 7.16. The van der Waals surface area contributed by atoms with Gasteiger partial charge in [0, 0.05) is 30.9 Å². The highest BCUT2D eigenvalue weighted by molar-refractivity contribution is 6.32. The number of carbonyl (C=O) groups excluding carboxylic acids is 1. The summed E-state index contributed by atoms with van der Waals surface area (Å²) >= 11 is 6.24. The van der Waals surface area contributed by atoms with Gasteiger partial charge in [-0.1, -0.05) is 23.7 Å². The number of benzene rings is 1. The van der Waals surface area contributed by atoms with Crippen molar-refractivity contribution < 1.29 is 23.1 Å². The molecule has 2 aromatic rings. The van der Waals surface area contributed by atoms with Crippen molar-refractivity contribution in [1.29, 1.82) is 0 Å². The molecule has 3 rings (SSSR count). The highest BCUT2D eigenvalue weighted by atomic mass is 35.5. The fraction of sp³-hybridized carbons (Fsp3) is 0.444. The number of alkyl halides is 3. The Morgan fingerprint density at radius 3 is 2.44 bits per heavy atom. The number of aromatic nitrogens is 2. The first kappa shape index (κ1) is 19.7. The topological polar surface area (TPSA) is 58.4 Å². The third-order valence-electron chi connectivity index (χ3n) is 4.92. The van der Waals surface area contributed by atoms with E-state index < -0.39 is 17.7 Å². The van der Waals surface area contributed by atoms with Gasteiger partial charge in [0.1, 0.15) is 0 Å². The molecule has 146 valence electrons. The van der Waals surface area contributed by atoms with Gasteiger partial charge in [-0.05, 0) is 38.0 Å². The van der Waals surface area contributed by atoms with Crippen LogP contribution in [0, 0.1) is 0 Å². The zero-order valence-corrected chi connectivity index (χ0v) is 15.3. The summed E-state index contributed by atoms with van der Waals surface area (Å²) in [4.78, 5) is 13.2. The summed E-state index contributed by atoms with van der Waals surface area (Å²) in [5, 5.41) is 14.4. The summed E-state index contributed by atoms with van der Waals surface area (Å²) in [6.07, 6.45) is -2.43. The Balaban J connectivity index is 1.74. The predicted molar refractivity (Wildman–Crippen MR) is 93.8 cm³/mol. The molecule has 0 unspecified atom stereocenters. The lowest BCUT2D eigenvalue weighted by molar-refractivity contribution is -0.250. The van der Waals surface area contributed by atoms with Crippen LogP contribution in [-0.2, 0) is 4.79 Å². The fourth-order valence-corrected chi connectivity index (χ4v) is 3.47. The molecule has 1 saturated heterocycles. The van der Waals surface area contributed by atoms with Gasteiger partial charge >= 0.3 is 6.18 Å². The van der Waals surface area contributed by atoms with E-state index in [2.05, 4.69) is 5.10 Å². The number of amides is 1. The van der Waals surface area contributed by atoms with Crippen molar-refractivity contribution in [2.75, 3.05) is 13.1 Å². The zero-order chi connectivity index (χ0) is 19.8. The summed E-state index contributed by atoms with van der Waals surface area (Å²) < 4.78 is 40.4. The smallest absolute Gasteiger partial charge is 0.373 e. The Kier molecular flexibility index (Phi) is 5.22. The van der Waals surface area contributed by atoms with E-state index >= 15 is 0 Å². The van der Waals surface area contributed by atoms with Gasteiger partial charge in [0.2, 0.25) is 5.60 Å². The van der Waals surface area contributed by atoms with Gasteiger partial charge in [-0.15, -0.1) is 0 Å². The average molecular weight is 402 g/mol. The van der Waals surface area contributed by atoms with Crippen molar-refractivity contribution in [2.45, 2.75) is 37.5 Å². The number of carbonyl (C=O) groups is 1. The number of likely N-dealkylation sites (tertiary alicyclic amines) is 1. The van der Waals surface area contributed by atoms with Crippen LogP contribution in [0.1, 0.15) is 31.4 Å². The summed E-state index contributed by atoms with van der Waals surface area (Å²) in [5.74, 6) is -1.29. The molecular weight excluding hydrogens is 383 g/mol. The number of aliphatic hydroxyl groups is 1. The predicted octanol–water partition coefficient (Wildman–Crippen LogP) is 3.55. The van der Waals surface area contributed by atoms with E-state index in [0.717, 1.165) is 16.3 Å². The van der Waals surface area contributed by atoms with E-state index in [1.807, 2.05) is 24.3 Å². The number of hydrogen-bond donors (Lipinski definition) is 1. The molecule has 0 radical (unpaired) electrons. The van der Waals surface area contributed by atoms with Gasteiger partial charge in [0.05, 0.1) is 10.7 Å². The van der Waals surface area contributed by atoms with Crippen LogP contribution in [0.2, 0.25) is 5.02 Å². The maximum Gasteiger partial charge on any atom is 0.426 e. The number of rotatable bonds is 3. The quantitative estimate of drug-likeness (QED) is 0.855. The zero-order valence-electron chi connectivity index (χ0n) is 14.6. The summed E-state index contributed by atoms with van der Waals surface area (Å²) in [6.45, 7) is 0.751. The molecule has 1 aliphatic rings. The normalized spacial score (nSPS) is 18.4. The summed E-state index contributed by atoms with van der Waals surface area (Å²) in [7, 11) is 0. The monoisotopic (exact) mass is 401 g/mol. The van der Waals surface area contributed by atoms with Crippen molar-refractivity contribution in [3.05, 3.63) is 47.2 Å². The molecule has 1 fully saturated rings. The first-order valence-corrected chi connectivity index (χ1v) is 8.88. The highest BCUT2D eigenvalue weighted by Gasteiger charge is 2.57. The van der Waals surface area contributed by atoms with Crippen LogP contribution in [0.3, 0.4) is 0 Å². The third-order valence-corrected chi connectivity index (χ3v) is 5.24. The molecule has 5 nitrogen and oxygen atoms in total. The Morgan fingerprint density at radius 2 is 1.85 bits per heavy atom. The van der Waals surface area contributed by atoms with E-state index in [0.29, 0.717) is 24.8 Å². The largest absolute Gasteiger partial charge is 0.426 e. The molecule has 1 atom stereocenters. The SMILES string of the molecule is C[C@@](O)(C(=O)N1CCC(c2ccnn2-c2ccccc2Cl)CC1)C(F)(F)F. The van der Waals surface area contributed by atoms with E-state index in [1.165, 1.54) is 0 Å². The van der Waals surface area contributed by atoms with Gasteiger partial charge in [-0.3, -0.25) is 4.79 Å². The highest BCUT2D eigenvalue weighted by Crippen LogP contribution is 2.35. The van der Waals surface area contributed by atoms with E-state index in [-0.39, 0.29) is 19.0 Å². The molecule has 0 saturated carbocycles. The molecule has 9 heteroatoms. The first-order valence-electron chi connectivity index (χ1n) is 8.50. The van der Waals surface area contributed by atoms with Crippen LogP contribution in [0.25, 0.3) is 5.69 Å². The third kappa shape index (κ3) is 3.68. The van der Waals surface area contributed by atoms with E-state index in [1.54, 1.807) is 16.9 Å². The number of hydrogen-bond acceptors (Lipinski definition) is 3. The van der Waals surface area contributed by atoms with E-state index in [9.17, 15) is 23.1 Å². The number of nitrogens with zero attached hydrogens (tertiary/aromatic N) is 3. The lowest BCUT2D eigenvalue weighted by atomic mass is 9.92. The van der Waals surface area contributed by atoms with Gasteiger partial charge in [0.15, 0.2) is 0 Å². The standard InChI is InChI=1S/C18H19ClF3N3O2/c1-17(27,18(20,21)22)16(26)24-10-7-12(8-11-24)14-6-9-23-25(14)15-5-3-2-4-13(15)19/h2-6,9,12,27H,7-8,10-11H2,1H3/t17-/m1/s1. The summed E-state index contributed by atoms with van der Waals surface area (Å²) in [5.41, 5.74) is -1.77. The molecule has 27 heavy (non-hydrogen) atoms.